The van der Waals surface area contributed by atoms with Crippen LogP contribution in [0.1, 0.15) is 24.4 Å². The zero-order valence-electron chi connectivity index (χ0n) is 9.54. The molecule has 0 aliphatic rings. The first-order valence-electron chi connectivity index (χ1n) is 5.07. The minimum absolute atomic E-state index is 0.0532. The molecule has 1 unspecified atom stereocenters. The van der Waals surface area contributed by atoms with Crippen LogP contribution >= 0.6 is 11.6 Å². The highest BCUT2D eigenvalue weighted by atomic mass is 35.5. The van der Waals surface area contributed by atoms with Crippen LogP contribution in [0, 0.1) is 11.6 Å². The number of methoxy groups -OCH3 is 1. The zero-order valence-corrected chi connectivity index (χ0v) is 10.3. The van der Waals surface area contributed by atoms with Crippen LogP contribution in [0.5, 0.6) is 5.75 Å². The number of aliphatic carboxylic acids is 1. The van der Waals surface area contributed by atoms with E-state index >= 15 is 0 Å². The maximum absolute atomic E-state index is 13.7. The van der Waals surface area contributed by atoms with Crippen molar-refractivity contribution in [3.05, 3.63) is 28.3 Å². The van der Waals surface area contributed by atoms with Crippen molar-refractivity contribution in [2.24, 2.45) is 5.73 Å². The minimum Gasteiger partial charge on any atom is -0.495 e. The molecule has 0 aliphatic carbocycles. The largest absolute Gasteiger partial charge is 0.495 e. The van der Waals surface area contributed by atoms with E-state index in [-0.39, 0.29) is 29.2 Å². The fraction of sp³-hybridized carbons (Fsp3) is 0.364. The number of ether oxygens (including phenoxy) is 1. The van der Waals surface area contributed by atoms with Gasteiger partial charge in [-0.3, -0.25) is 4.79 Å². The first kappa shape index (κ1) is 14.7. The maximum Gasteiger partial charge on any atom is 0.303 e. The Morgan fingerprint density at radius 3 is 2.72 bits per heavy atom. The van der Waals surface area contributed by atoms with Crippen LogP contribution in [0.25, 0.3) is 0 Å². The van der Waals surface area contributed by atoms with Crippen LogP contribution in [-0.2, 0) is 4.79 Å². The van der Waals surface area contributed by atoms with E-state index in [1.165, 1.54) is 7.11 Å². The van der Waals surface area contributed by atoms with Crippen molar-refractivity contribution in [2.45, 2.75) is 18.9 Å². The molecule has 7 heteroatoms. The third kappa shape index (κ3) is 3.08. The summed E-state index contributed by atoms with van der Waals surface area (Å²) in [4.78, 5) is 10.4. The lowest BCUT2D eigenvalue weighted by molar-refractivity contribution is -0.137. The monoisotopic (exact) mass is 279 g/mol. The standard InChI is InChI=1S/C11H12ClF2NO3/c1-18-11-5(12)4-6(13)10(14)9(11)7(15)2-3-8(16)17/h4,7H,2-3,15H2,1H3,(H,16,17). The summed E-state index contributed by atoms with van der Waals surface area (Å²) < 4.78 is 31.8. The zero-order chi connectivity index (χ0) is 13.9. The molecule has 0 saturated heterocycles. The van der Waals surface area contributed by atoms with Gasteiger partial charge < -0.3 is 15.6 Å². The molecule has 100 valence electrons. The van der Waals surface area contributed by atoms with E-state index in [1.807, 2.05) is 0 Å². The number of carboxylic acid groups (broad SMARTS) is 1. The second-order valence-electron chi connectivity index (χ2n) is 3.64. The molecule has 1 aromatic carbocycles. The second-order valence-corrected chi connectivity index (χ2v) is 4.05. The van der Waals surface area contributed by atoms with Gasteiger partial charge in [0.1, 0.15) is 5.75 Å². The molecule has 0 aromatic heterocycles. The maximum atomic E-state index is 13.7. The molecular formula is C11H12ClF2NO3. The van der Waals surface area contributed by atoms with Gasteiger partial charge in [-0.1, -0.05) is 11.6 Å². The number of carboxylic acids is 1. The summed E-state index contributed by atoms with van der Waals surface area (Å²) in [6.45, 7) is 0. The van der Waals surface area contributed by atoms with Gasteiger partial charge in [-0.25, -0.2) is 8.78 Å². The SMILES string of the molecule is COc1c(Cl)cc(F)c(F)c1C(N)CCC(=O)O. The molecule has 0 heterocycles. The highest BCUT2D eigenvalue weighted by Crippen LogP contribution is 2.36. The smallest absolute Gasteiger partial charge is 0.303 e. The average Bonchev–Trinajstić information content (AvgIpc) is 2.30. The van der Waals surface area contributed by atoms with Crippen molar-refractivity contribution < 1.29 is 23.4 Å². The summed E-state index contributed by atoms with van der Waals surface area (Å²) in [6, 6.07) is -0.229. The second kappa shape index (κ2) is 5.97. The normalized spacial score (nSPS) is 12.3. The molecule has 1 aromatic rings. The van der Waals surface area contributed by atoms with Gasteiger partial charge in [0, 0.05) is 12.5 Å². The van der Waals surface area contributed by atoms with Gasteiger partial charge >= 0.3 is 5.97 Å². The molecular weight excluding hydrogens is 268 g/mol. The first-order valence-corrected chi connectivity index (χ1v) is 5.45. The van der Waals surface area contributed by atoms with E-state index < -0.39 is 23.6 Å². The summed E-state index contributed by atoms with van der Waals surface area (Å²) in [7, 11) is 1.24. The van der Waals surface area contributed by atoms with Gasteiger partial charge in [0.15, 0.2) is 11.6 Å². The van der Waals surface area contributed by atoms with Crippen LogP contribution in [-0.4, -0.2) is 18.2 Å². The molecule has 0 amide bonds. The third-order valence-corrected chi connectivity index (χ3v) is 2.69. The number of nitrogens with two attached hydrogens (primary N) is 1. The summed E-state index contributed by atoms with van der Waals surface area (Å²) in [5.41, 5.74) is 5.40. The van der Waals surface area contributed by atoms with E-state index in [2.05, 4.69) is 0 Å². The average molecular weight is 280 g/mol. The molecule has 0 aliphatic heterocycles. The van der Waals surface area contributed by atoms with Crippen molar-refractivity contribution in [2.75, 3.05) is 7.11 Å². The number of carbonyl (C=O) groups is 1. The minimum atomic E-state index is -1.17. The Balaban J connectivity index is 3.16. The van der Waals surface area contributed by atoms with Crippen molar-refractivity contribution in [3.8, 4) is 5.75 Å². The Morgan fingerprint density at radius 1 is 1.61 bits per heavy atom. The van der Waals surface area contributed by atoms with E-state index in [1.54, 1.807) is 0 Å². The number of rotatable bonds is 5. The van der Waals surface area contributed by atoms with E-state index in [9.17, 15) is 13.6 Å². The summed E-state index contributed by atoms with van der Waals surface area (Å²) >= 11 is 5.71. The van der Waals surface area contributed by atoms with Crippen molar-refractivity contribution >= 4 is 17.6 Å². The summed E-state index contributed by atoms with van der Waals surface area (Å²) in [5, 5.41) is 8.42. The van der Waals surface area contributed by atoms with Crippen LogP contribution in [0.2, 0.25) is 5.02 Å². The molecule has 0 radical (unpaired) electrons. The summed E-state index contributed by atoms with van der Waals surface area (Å²) in [5.74, 6) is -3.48. The Bertz CT molecular complexity index is 468. The number of benzene rings is 1. The quantitative estimate of drug-likeness (QED) is 0.812. The predicted molar refractivity (Wildman–Crippen MR) is 61.7 cm³/mol. The van der Waals surface area contributed by atoms with Gasteiger partial charge in [-0.15, -0.1) is 0 Å². The van der Waals surface area contributed by atoms with Crippen LogP contribution in [0.15, 0.2) is 6.07 Å². The third-order valence-electron chi connectivity index (χ3n) is 2.41. The van der Waals surface area contributed by atoms with E-state index in [0.29, 0.717) is 0 Å². The number of hydrogen-bond acceptors (Lipinski definition) is 3. The highest BCUT2D eigenvalue weighted by Gasteiger charge is 2.23. The fourth-order valence-corrected chi connectivity index (χ4v) is 1.83. The Labute approximate surface area is 107 Å². The first-order chi connectivity index (χ1) is 8.38. The topological polar surface area (TPSA) is 72.5 Å². The van der Waals surface area contributed by atoms with Gasteiger partial charge in [0.25, 0.3) is 0 Å². The Kier molecular flexibility index (Phi) is 4.86. The molecule has 18 heavy (non-hydrogen) atoms. The number of halogens is 3. The summed E-state index contributed by atoms with van der Waals surface area (Å²) in [6.07, 6.45) is -0.319. The molecule has 4 nitrogen and oxygen atoms in total. The molecule has 0 spiro atoms. The van der Waals surface area contributed by atoms with Crippen molar-refractivity contribution in [3.63, 3.8) is 0 Å². The lowest BCUT2D eigenvalue weighted by atomic mass is 10.0. The highest BCUT2D eigenvalue weighted by molar-refractivity contribution is 6.32. The van der Waals surface area contributed by atoms with Crippen molar-refractivity contribution in [1.82, 2.24) is 0 Å². The Morgan fingerprint density at radius 2 is 2.22 bits per heavy atom. The molecule has 0 fully saturated rings. The molecule has 1 atom stereocenters. The van der Waals surface area contributed by atoms with Gasteiger partial charge in [-0.2, -0.15) is 0 Å². The van der Waals surface area contributed by atoms with Gasteiger partial charge in [0.05, 0.1) is 17.7 Å². The Hall–Kier alpha value is -1.40. The lowest BCUT2D eigenvalue weighted by Crippen LogP contribution is -2.16. The molecule has 0 saturated carbocycles. The molecule has 0 bridgehead atoms. The molecule has 3 N–H and O–H groups in total. The van der Waals surface area contributed by atoms with Crippen LogP contribution in [0.3, 0.4) is 0 Å². The van der Waals surface area contributed by atoms with Crippen LogP contribution in [0.4, 0.5) is 8.78 Å². The van der Waals surface area contributed by atoms with E-state index in [0.717, 1.165) is 6.07 Å². The predicted octanol–water partition coefficient (Wildman–Crippen LogP) is 2.49. The van der Waals surface area contributed by atoms with Crippen LogP contribution < -0.4 is 10.5 Å². The lowest BCUT2D eigenvalue weighted by Gasteiger charge is -2.17. The van der Waals surface area contributed by atoms with Crippen molar-refractivity contribution in [1.29, 1.82) is 0 Å². The fourth-order valence-electron chi connectivity index (χ4n) is 1.56. The van der Waals surface area contributed by atoms with Gasteiger partial charge in [-0.05, 0) is 12.5 Å². The van der Waals surface area contributed by atoms with E-state index in [4.69, 9.17) is 27.2 Å². The molecule has 1 rings (SSSR count). The number of hydrogen-bond donors (Lipinski definition) is 2. The van der Waals surface area contributed by atoms with Gasteiger partial charge in [0.2, 0.25) is 0 Å².